The summed E-state index contributed by atoms with van der Waals surface area (Å²) in [7, 11) is 3.22. The lowest BCUT2D eigenvalue weighted by molar-refractivity contribution is -0.134. The fourth-order valence-corrected chi connectivity index (χ4v) is 2.18. The van der Waals surface area contributed by atoms with E-state index in [4.69, 9.17) is 14.9 Å². The zero-order chi connectivity index (χ0) is 16.3. The van der Waals surface area contributed by atoms with E-state index in [1.54, 1.807) is 14.1 Å². The number of hydrogen-bond donors (Lipinski definition) is 3. The number of carbonyl (C=O) groups excluding carboxylic acids is 2. The van der Waals surface area contributed by atoms with Crippen LogP contribution >= 0.6 is 0 Å². The van der Waals surface area contributed by atoms with Crippen molar-refractivity contribution in [2.45, 2.75) is 31.0 Å². The van der Waals surface area contributed by atoms with Gasteiger partial charge in [0.25, 0.3) is 5.91 Å². The van der Waals surface area contributed by atoms with Crippen molar-refractivity contribution < 1.29 is 24.5 Å². The van der Waals surface area contributed by atoms with Crippen molar-refractivity contribution in [2.24, 2.45) is 0 Å². The maximum atomic E-state index is 12.2. The minimum atomic E-state index is -1.70. The topological polar surface area (TPSA) is 102 Å². The fraction of sp³-hybridized carbons (Fsp3) is 0.467. The summed E-state index contributed by atoms with van der Waals surface area (Å²) < 4.78 is 4.89. The predicted octanol–water partition coefficient (Wildman–Crippen LogP) is -1.12. The van der Waals surface area contributed by atoms with Gasteiger partial charge >= 0.3 is 0 Å². The monoisotopic (exact) mass is 308 g/mol. The summed E-state index contributed by atoms with van der Waals surface area (Å²) in [6.45, 7) is 0. The quantitative estimate of drug-likeness (QED) is 0.456. The molecule has 7 heteroatoms. The Bertz CT molecular complexity index is 532. The molecule has 0 aliphatic carbocycles. The highest BCUT2D eigenvalue weighted by Gasteiger charge is 2.50. The van der Waals surface area contributed by atoms with Crippen LogP contribution in [0.2, 0.25) is 0 Å². The van der Waals surface area contributed by atoms with Gasteiger partial charge in [0.15, 0.2) is 12.4 Å². The second kappa shape index (κ2) is 6.87. The molecule has 3 atom stereocenters. The van der Waals surface area contributed by atoms with Crippen LogP contribution in [0.4, 0.5) is 0 Å². The van der Waals surface area contributed by atoms with Gasteiger partial charge in [0.05, 0.1) is 0 Å². The Kier molecular flexibility index (Phi) is 5.12. The van der Waals surface area contributed by atoms with Gasteiger partial charge in [0.2, 0.25) is 5.91 Å². The number of nitrogens with zero attached hydrogens (tertiary/aromatic N) is 1. The van der Waals surface area contributed by atoms with Gasteiger partial charge in [-0.3, -0.25) is 9.59 Å². The summed E-state index contributed by atoms with van der Waals surface area (Å²) in [5, 5.41) is 20.5. The van der Waals surface area contributed by atoms with Crippen LogP contribution in [0.3, 0.4) is 0 Å². The average Bonchev–Trinajstić information content (AvgIpc) is 3.27. The highest BCUT2D eigenvalue weighted by Crippen LogP contribution is 2.24. The molecule has 0 radical (unpaired) electrons. The van der Waals surface area contributed by atoms with E-state index in [1.807, 2.05) is 30.3 Å². The number of hydrogen-bond acceptors (Lipinski definition) is 5. The van der Waals surface area contributed by atoms with E-state index in [0.717, 1.165) is 5.56 Å². The van der Waals surface area contributed by atoms with Gasteiger partial charge in [-0.05, 0) is 5.56 Å². The molecule has 1 fully saturated rings. The minimum absolute atomic E-state index is 0.237. The van der Waals surface area contributed by atoms with Gasteiger partial charge in [-0.15, -0.1) is 0 Å². The van der Waals surface area contributed by atoms with Crippen molar-refractivity contribution in [3.05, 3.63) is 35.9 Å². The lowest BCUT2D eigenvalue weighted by Gasteiger charge is -2.21. The van der Waals surface area contributed by atoms with Crippen molar-refractivity contribution >= 4 is 11.8 Å². The Morgan fingerprint density at radius 1 is 1.27 bits per heavy atom. The fourth-order valence-electron chi connectivity index (χ4n) is 2.18. The van der Waals surface area contributed by atoms with Crippen molar-refractivity contribution in [1.82, 2.24) is 10.2 Å². The minimum Gasteiger partial charge on any atom is -0.366 e. The van der Waals surface area contributed by atoms with Crippen LogP contribution < -0.4 is 5.32 Å². The maximum Gasteiger partial charge on any atom is 0.252 e. The van der Waals surface area contributed by atoms with Gasteiger partial charge in [-0.25, -0.2) is 0 Å². The summed E-state index contributed by atoms with van der Waals surface area (Å²) in [5.41, 5.74) is 0.915. The third-order valence-corrected chi connectivity index (χ3v) is 3.42. The number of aliphatic hydroxyl groups is 2. The van der Waals surface area contributed by atoms with Gasteiger partial charge in [0, 0.05) is 20.5 Å². The van der Waals surface area contributed by atoms with Crippen LogP contribution in [0.25, 0.3) is 0 Å². The number of amides is 2. The number of epoxide rings is 1. The SMILES string of the molecule is CN(C)C(=O)C(Cc1ccccc1)NC(=O)C1OC1C(O)O. The molecule has 0 aromatic heterocycles. The molecule has 120 valence electrons. The van der Waals surface area contributed by atoms with E-state index in [0.29, 0.717) is 6.42 Å². The number of ether oxygens (including phenoxy) is 1. The van der Waals surface area contributed by atoms with Crippen molar-refractivity contribution in [3.8, 4) is 0 Å². The normalized spacial score (nSPS) is 21.3. The zero-order valence-corrected chi connectivity index (χ0v) is 12.5. The molecular weight excluding hydrogens is 288 g/mol. The molecule has 0 bridgehead atoms. The lowest BCUT2D eigenvalue weighted by atomic mass is 10.0. The van der Waals surface area contributed by atoms with Crippen molar-refractivity contribution in [3.63, 3.8) is 0 Å². The second-order valence-electron chi connectivity index (χ2n) is 5.42. The van der Waals surface area contributed by atoms with Gasteiger partial charge < -0.3 is 25.2 Å². The molecule has 1 heterocycles. The number of rotatable bonds is 6. The molecule has 7 nitrogen and oxygen atoms in total. The molecule has 0 saturated carbocycles. The van der Waals surface area contributed by atoms with Gasteiger partial charge in [-0.1, -0.05) is 30.3 Å². The van der Waals surface area contributed by atoms with E-state index in [2.05, 4.69) is 5.32 Å². The van der Waals surface area contributed by atoms with Crippen LogP contribution in [-0.2, 0) is 20.7 Å². The number of benzene rings is 1. The molecule has 0 spiro atoms. The van der Waals surface area contributed by atoms with Crippen LogP contribution in [0, 0.1) is 0 Å². The molecule has 1 aromatic carbocycles. The van der Waals surface area contributed by atoms with Crippen molar-refractivity contribution in [1.29, 1.82) is 0 Å². The standard InChI is InChI=1S/C15H20N2O5/c1-17(2)14(19)10(8-9-6-4-3-5-7-9)16-13(18)11-12(22-11)15(20)21/h3-7,10-12,15,20-21H,8H2,1-2H3,(H,16,18). The number of aliphatic hydroxyl groups excluding tert-OH is 1. The number of likely N-dealkylation sites (N-methyl/N-ethyl adjacent to an activating group) is 1. The Morgan fingerprint density at radius 2 is 1.91 bits per heavy atom. The van der Waals surface area contributed by atoms with E-state index >= 15 is 0 Å². The summed E-state index contributed by atoms with van der Waals surface area (Å²) in [5.74, 6) is -0.756. The smallest absolute Gasteiger partial charge is 0.252 e. The first-order chi connectivity index (χ1) is 10.4. The van der Waals surface area contributed by atoms with E-state index in [-0.39, 0.29) is 5.91 Å². The van der Waals surface area contributed by atoms with Crippen LogP contribution in [-0.4, -0.2) is 65.6 Å². The Morgan fingerprint density at radius 3 is 2.41 bits per heavy atom. The first kappa shape index (κ1) is 16.4. The largest absolute Gasteiger partial charge is 0.366 e. The van der Waals surface area contributed by atoms with E-state index in [1.165, 1.54) is 4.90 Å². The van der Waals surface area contributed by atoms with Gasteiger partial charge in [-0.2, -0.15) is 0 Å². The lowest BCUT2D eigenvalue weighted by Crippen LogP contribution is -2.49. The summed E-state index contributed by atoms with van der Waals surface area (Å²) >= 11 is 0. The highest BCUT2D eigenvalue weighted by molar-refractivity contribution is 5.90. The molecule has 1 aliphatic heterocycles. The molecule has 3 N–H and O–H groups in total. The molecular formula is C15H20N2O5. The first-order valence-corrected chi connectivity index (χ1v) is 6.97. The average molecular weight is 308 g/mol. The van der Waals surface area contributed by atoms with Crippen LogP contribution in [0.1, 0.15) is 5.56 Å². The van der Waals surface area contributed by atoms with Crippen molar-refractivity contribution in [2.75, 3.05) is 14.1 Å². The predicted molar refractivity (Wildman–Crippen MR) is 77.7 cm³/mol. The molecule has 2 rings (SSSR count). The highest BCUT2D eigenvalue weighted by atomic mass is 16.6. The van der Waals surface area contributed by atoms with E-state index in [9.17, 15) is 9.59 Å². The number of nitrogens with one attached hydrogen (secondary N) is 1. The Hall–Kier alpha value is -1.96. The summed E-state index contributed by atoms with van der Waals surface area (Å²) in [6, 6.07) is 8.60. The molecule has 22 heavy (non-hydrogen) atoms. The third-order valence-electron chi connectivity index (χ3n) is 3.42. The molecule has 3 unspecified atom stereocenters. The number of carbonyl (C=O) groups is 2. The molecule has 1 saturated heterocycles. The van der Waals surface area contributed by atoms with Gasteiger partial charge in [0.1, 0.15) is 12.1 Å². The van der Waals surface area contributed by atoms with Crippen LogP contribution in [0.5, 0.6) is 0 Å². The Balaban J connectivity index is 2.02. The second-order valence-corrected chi connectivity index (χ2v) is 5.42. The van der Waals surface area contributed by atoms with E-state index < -0.39 is 30.4 Å². The maximum absolute atomic E-state index is 12.2. The molecule has 2 amide bonds. The molecule has 1 aliphatic rings. The third kappa shape index (κ3) is 4.03. The zero-order valence-electron chi connectivity index (χ0n) is 12.5. The summed E-state index contributed by atoms with van der Waals surface area (Å²) in [6.07, 6.45) is -3.20. The van der Waals surface area contributed by atoms with Crippen LogP contribution in [0.15, 0.2) is 30.3 Å². The molecule has 1 aromatic rings. The first-order valence-electron chi connectivity index (χ1n) is 6.97. The summed E-state index contributed by atoms with van der Waals surface area (Å²) in [4.78, 5) is 25.6. The Labute approximate surface area is 128 Å².